The molecule has 2 N–H and O–H groups in total. The van der Waals surface area contributed by atoms with E-state index in [0.29, 0.717) is 23.5 Å². The fraction of sp³-hybridized carbons (Fsp3) is 0.318. The van der Waals surface area contributed by atoms with Crippen LogP contribution in [0.1, 0.15) is 18.5 Å². The summed E-state index contributed by atoms with van der Waals surface area (Å²) in [6.45, 7) is 5.98. The van der Waals surface area contributed by atoms with Gasteiger partial charge in [-0.2, -0.15) is 5.10 Å². The molecule has 1 aliphatic heterocycles. The van der Waals surface area contributed by atoms with Crippen molar-refractivity contribution in [3.05, 3.63) is 60.3 Å². The molecule has 0 bridgehead atoms. The van der Waals surface area contributed by atoms with Gasteiger partial charge in [-0.3, -0.25) is 5.10 Å². The average molecular weight is 400 g/mol. The van der Waals surface area contributed by atoms with Gasteiger partial charge in [0.05, 0.1) is 11.2 Å². The van der Waals surface area contributed by atoms with Crippen LogP contribution in [0.3, 0.4) is 0 Å². The zero-order chi connectivity index (χ0) is 20.4. The van der Waals surface area contributed by atoms with Crippen LogP contribution in [-0.2, 0) is 0 Å². The maximum atomic E-state index is 14.2. The lowest BCUT2D eigenvalue weighted by Gasteiger charge is -2.32. The van der Waals surface area contributed by atoms with E-state index in [-0.39, 0.29) is 18.3 Å². The predicted octanol–water partition coefficient (Wildman–Crippen LogP) is 4.50. The van der Waals surface area contributed by atoms with E-state index in [1.807, 2.05) is 0 Å². The molecule has 3 aromatic rings. The maximum Gasteiger partial charge on any atom is 0.166 e. The Bertz CT molecular complexity index is 1020. The molecule has 0 radical (unpaired) electrons. The zero-order valence-corrected chi connectivity index (χ0v) is 16.0. The maximum absolute atomic E-state index is 14.2. The first kappa shape index (κ1) is 19.5. The van der Waals surface area contributed by atoms with E-state index in [0.717, 1.165) is 42.9 Å². The molecule has 1 fully saturated rings. The fourth-order valence-corrected chi connectivity index (χ4v) is 3.87. The number of alkyl halides is 1. The molecule has 0 unspecified atom stereocenters. The SMILES string of the molecule is C=C(NC1CCN(CCF)CC1)c1n[nH]c2ccc(-c3cccc(F)c3F)cc12. The van der Waals surface area contributed by atoms with E-state index in [9.17, 15) is 13.2 Å². The minimum absolute atomic E-state index is 0.206. The fourth-order valence-electron chi connectivity index (χ4n) is 3.87. The number of aromatic amines is 1. The summed E-state index contributed by atoms with van der Waals surface area (Å²) in [7, 11) is 0. The third kappa shape index (κ3) is 4.00. The summed E-state index contributed by atoms with van der Waals surface area (Å²) in [5, 5.41) is 11.5. The van der Waals surface area contributed by atoms with Crippen molar-refractivity contribution in [2.45, 2.75) is 18.9 Å². The van der Waals surface area contributed by atoms with Crippen LogP contribution in [0.15, 0.2) is 43.0 Å². The van der Waals surface area contributed by atoms with Crippen molar-refractivity contribution in [2.24, 2.45) is 0 Å². The smallest absolute Gasteiger partial charge is 0.166 e. The van der Waals surface area contributed by atoms with E-state index in [4.69, 9.17) is 0 Å². The van der Waals surface area contributed by atoms with Gasteiger partial charge in [0.2, 0.25) is 0 Å². The van der Waals surface area contributed by atoms with E-state index in [1.165, 1.54) is 6.07 Å². The molecule has 1 aromatic heterocycles. The average Bonchev–Trinajstić information content (AvgIpc) is 3.15. The number of nitrogens with one attached hydrogen (secondary N) is 2. The molecule has 2 aromatic carbocycles. The number of rotatable bonds is 6. The second-order valence-corrected chi connectivity index (χ2v) is 7.36. The second kappa shape index (κ2) is 8.29. The quantitative estimate of drug-likeness (QED) is 0.640. The van der Waals surface area contributed by atoms with E-state index in [2.05, 4.69) is 27.0 Å². The zero-order valence-electron chi connectivity index (χ0n) is 16.0. The topological polar surface area (TPSA) is 44.0 Å². The highest BCUT2D eigenvalue weighted by molar-refractivity contribution is 5.92. The second-order valence-electron chi connectivity index (χ2n) is 7.36. The van der Waals surface area contributed by atoms with Crippen molar-refractivity contribution in [3.63, 3.8) is 0 Å². The van der Waals surface area contributed by atoms with Gasteiger partial charge in [0, 0.05) is 36.6 Å². The summed E-state index contributed by atoms with van der Waals surface area (Å²) in [6, 6.07) is 9.72. The first-order valence-electron chi connectivity index (χ1n) is 9.73. The monoisotopic (exact) mass is 400 g/mol. The minimum Gasteiger partial charge on any atom is -0.381 e. The molecule has 152 valence electrons. The summed E-state index contributed by atoms with van der Waals surface area (Å²) in [5.41, 5.74) is 2.91. The molecule has 1 aliphatic rings. The van der Waals surface area contributed by atoms with Crippen LogP contribution < -0.4 is 5.32 Å². The molecule has 0 aliphatic carbocycles. The highest BCUT2D eigenvalue weighted by Gasteiger charge is 2.21. The number of nitrogens with zero attached hydrogens (tertiary/aromatic N) is 2. The summed E-state index contributed by atoms with van der Waals surface area (Å²) >= 11 is 0. The molecule has 0 saturated carbocycles. The normalized spacial score (nSPS) is 15.7. The van der Waals surface area contributed by atoms with Crippen molar-refractivity contribution >= 4 is 16.6 Å². The molecular formula is C22H23F3N4. The molecular weight excluding hydrogens is 377 g/mol. The van der Waals surface area contributed by atoms with Crippen molar-refractivity contribution in [2.75, 3.05) is 26.3 Å². The molecule has 4 rings (SSSR count). The van der Waals surface area contributed by atoms with Crippen LogP contribution in [0.25, 0.3) is 27.7 Å². The standard InChI is InChI=1S/C22H23F3N4/c1-14(26-16-7-10-29(11-8-16)12-9-23)22-18-13-15(5-6-20(18)27-28-22)17-3-2-4-19(24)21(17)25/h2-6,13,16,26H,1,7-12H2,(H,27,28). The third-order valence-electron chi connectivity index (χ3n) is 5.48. The Hall–Kier alpha value is -2.80. The lowest BCUT2D eigenvalue weighted by atomic mass is 10.0. The molecule has 0 spiro atoms. The van der Waals surface area contributed by atoms with Gasteiger partial charge in [-0.05, 0) is 36.6 Å². The number of benzene rings is 2. The minimum atomic E-state index is -0.875. The summed E-state index contributed by atoms with van der Waals surface area (Å²) in [6.07, 6.45) is 1.81. The molecule has 7 heteroatoms. The van der Waals surface area contributed by atoms with E-state index >= 15 is 0 Å². The number of H-pyrrole nitrogens is 1. The molecule has 0 amide bonds. The number of likely N-dealkylation sites (tertiary alicyclic amines) is 1. The van der Waals surface area contributed by atoms with Gasteiger partial charge in [-0.15, -0.1) is 0 Å². The third-order valence-corrected chi connectivity index (χ3v) is 5.48. The molecule has 1 saturated heterocycles. The van der Waals surface area contributed by atoms with Crippen molar-refractivity contribution in [1.82, 2.24) is 20.4 Å². The first-order valence-corrected chi connectivity index (χ1v) is 9.73. The largest absolute Gasteiger partial charge is 0.381 e. The Labute approximate surface area is 167 Å². The Morgan fingerprint density at radius 2 is 2.00 bits per heavy atom. The lowest BCUT2D eigenvalue weighted by molar-refractivity contribution is 0.191. The van der Waals surface area contributed by atoms with Crippen LogP contribution in [0.4, 0.5) is 13.2 Å². The number of piperidine rings is 1. The number of aromatic nitrogens is 2. The molecule has 4 nitrogen and oxygen atoms in total. The van der Waals surface area contributed by atoms with E-state index in [1.54, 1.807) is 24.3 Å². The van der Waals surface area contributed by atoms with Crippen LogP contribution in [0.5, 0.6) is 0 Å². The summed E-state index contributed by atoms with van der Waals surface area (Å²) in [4.78, 5) is 2.12. The van der Waals surface area contributed by atoms with Gasteiger partial charge in [-0.25, -0.2) is 13.2 Å². The van der Waals surface area contributed by atoms with Crippen LogP contribution in [-0.4, -0.2) is 47.4 Å². The highest BCUT2D eigenvalue weighted by Crippen LogP contribution is 2.30. The summed E-state index contributed by atoms with van der Waals surface area (Å²) < 4.78 is 40.3. The predicted molar refractivity (Wildman–Crippen MR) is 109 cm³/mol. The Morgan fingerprint density at radius 1 is 1.21 bits per heavy atom. The Kier molecular flexibility index (Phi) is 5.58. The summed E-state index contributed by atoms with van der Waals surface area (Å²) in [5.74, 6) is -1.74. The molecule has 2 heterocycles. The van der Waals surface area contributed by atoms with Crippen LogP contribution in [0.2, 0.25) is 0 Å². The molecule has 0 atom stereocenters. The van der Waals surface area contributed by atoms with Crippen LogP contribution >= 0.6 is 0 Å². The highest BCUT2D eigenvalue weighted by atomic mass is 19.2. The Morgan fingerprint density at radius 3 is 2.76 bits per heavy atom. The van der Waals surface area contributed by atoms with Gasteiger partial charge in [-0.1, -0.05) is 24.8 Å². The number of fused-ring (bicyclic) bond motifs is 1. The first-order chi connectivity index (χ1) is 14.1. The number of hydrogen-bond acceptors (Lipinski definition) is 3. The van der Waals surface area contributed by atoms with E-state index < -0.39 is 11.6 Å². The van der Waals surface area contributed by atoms with Gasteiger partial charge in [0.1, 0.15) is 12.4 Å². The van der Waals surface area contributed by atoms with Gasteiger partial charge >= 0.3 is 0 Å². The van der Waals surface area contributed by atoms with Crippen molar-refractivity contribution < 1.29 is 13.2 Å². The van der Waals surface area contributed by atoms with Gasteiger partial charge in [0.15, 0.2) is 11.6 Å². The van der Waals surface area contributed by atoms with Crippen molar-refractivity contribution in [3.8, 4) is 11.1 Å². The number of hydrogen-bond donors (Lipinski definition) is 2. The van der Waals surface area contributed by atoms with Crippen molar-refractivity contribution in [1.29, 1.82) is 0 Å². The Balaban J connectivity index is 1.55. The van der Waals surface area contributed by atoms with Gasteiger partial charge in [0.25, 0.3) is 0 Å². The number of halogens is 3. The van der Waals surface area contributed by atoms with Crippen LogP contribution in [0, 0.1) is 11.6 Å². The van der Waals surface area contributed by atoms with Gasteiger partial charge < -0.3 is 10.2 Å². The lowest BCUT2D eigenvalue weighted by Crippen LogP contribution is -2.42. The molecule has 29 heavy (non-hydrogen) atoms.